The monoisotopic (exact) mass is 449 g/mol. The number of methoxy groups -OCH3 is 2. The molecule has 3 heterocycles. The number of thiazole rings is 1. The molecule has 2 amide bonds. The van der Waals surface area contributed by atoms with E-state index in [1.54, 1.807) is 31.9 Å². The zero-order chi connectivity index (χ0) is 22.1. The van der Waals surface area contributed by atoms with Crippen molar-refractivity contribution < 1.29 is 14.3 Å². The van der Waals surface area contributed by atoms with E-state index >= 15 is 0 Å². The number of urea groups is 1. The van der Waals surface area contributed by atoms with Crippen LogP contribution in [0.3, 0.4) is 0 Å². The third-order valence-electron chi connectivity index (χ3n) is 5.92. The summed E-state index contributed by atoms with van der Waals surface area (Å²) in [6.45, 7) is 1.33. The molecule has 0 aliphatic carbocycles. The van der Waals surface area contributed by atoms with E-state index in [1.165, 1.54) is 0 Å². The lowest BCUT2D eigenvalue weighted by Crippen LogP contribution is -2.40. The fourth-order valence-electron chi connectivity index (χ4n) is 4.22. The molecule has 0 unspecified atom stereocenters. The number of hydrogen-bond acceptors (Lipinski definition) is 7. The molecular weight excluding hydrogens is 426 g/mol. The number of fused-ring (bicyclic) bond motifs is 2. The van der Waals surface area contributed by atoms with Gasteiger partial charge in [0.2, 0.25) is 0 Å². The van der Waals surface area contributed by atoms with Gasteiger partial charge in [-0.3, -0.25) is 0 Å². The van der Waals surface area contributed by atoms with Gasteiger partial charge in [0, 0.05) is 36.1 Å². The number of anilines is 1. The largest absolute Gasteiger partial charge is 0.493 e. The van der Waals surface area contributed by atoms with Crippen molar-refractivity contribution in [1.82, 2.24) is 19.9 Å². The number of nitrogens with zero attached hydrogens (tertiary/aromatic N) is 4. The van der Waals surface area contributed by atoms with Crippen molar-refractivity contribution in [3.63, 3.8) is 0 Å². The van der Waals surface area contributed by atoms with Gasteiger partial charge < -0.3 is 19.7 Å². The fourth-order valence-corrected chi connectivity index (χ4v) is 4.94. The molecule has 164 valence electrons. The van der Waals surface area contributed by atoms with E-state index in [2.05, 4.69) is 20.3 Å². The Morgan fingerprint density at radius 2 is 1.81 bits per heavy atom. The van der Waals surface area contributed by atoms with E-state index in [0.717, 1.165) is 45.3 Å². The predicted molar refractivity (Wildman–Crippen MR) is 125 cm³/mol. The van der Waals surface area contributed by atoms with Crippen LogP contribution in [0.1, 0.15) is 24.5 Å². The Morgan fingerprint density at radius 1 is 1.03 bits per heavy atom. The summed E-state index contributed by atoms with van der Waals surface area (Å²) in [6, 6.07) is 9.52. The number of carbonyl (C=O) groups excluding carboxylic acids is 1. The molecule has 1 N–H and O–H groups in total. The molecule has 0 saturated carbocycles. The van der Waals surface area contributed by atoms with Gasteiger partial charge in [0.25, 0.3) is 0 Å². The lowest BCUT2D eigenvalue weighted by Gasteiger charge is -2.32. The maximum absolute atomic E-state index is 12.8. The molecule has 0 atom stereocenters. The number of piperidine rings is 1. The van der Waals surface area contributed by atoms with Crippen LogP contribution in [0.15, 0.2) is 42.2 Å². The van der Waals surface area contributed by atoms with Gasteiger partial charge >= 0.3 is 6.03 Å². The number of nitrogens with one attached hydrogen (secondary N) is 1. The Labute approximate surface area is 189 Å². The number of rotatable bonds is 4. The van der Waals surface area contributed by atoms with E-state index in [0.29, 0.717) is 24.6 Å². The number of amides is 2. The lowest BCUT2D eigenvalue weighted by molar-refractivity contribution is 0.194. The molecule has 1 fully saturated rings. The molecular formula is C23H23N5O3S. The van der Waals surface area contributed by atoms with Crippen LogP contribution in [0, 0.1) is 0 Å². The quantitative estimate of drug-likeness (QED) is 0.487. The van der Waals surface area contributed by atoms with E-state index in [9.17, 15) is 4.79 Å². The van der Waals surface area contributed by atoms with Crippen LogP contribution in [-0.4, -0.2) is 53.2 Å². The van der Waals surface area contributed by atoms with E-state index in [-0.39, 0.29) is 11.9 Å². The predicted octanol–water partition coefficient (Wildman–Crippen LogP) is 4.67. The number of likely N-dealkylation sites (tertiary alicyclic amines) is 1. The molecule has 0 spiro atoms. The summed E-state index contributed by atoms with van der Waals surface area (Å²) >= 11 is 1.56. The highest BCUT2D eigenvalue weighted by molar-refractivity contribution is 7.16. The first-order valence-corrected chi connectivity index (χ1v) is 11.3. The van der Waals surface area contributed by atoms with Crippen molar-refractivity contribution in [2.75, 3.05) is 32.6 Å². The topological polar surface area (TPSA) is 89.5 Å². The molecule has 32 heavy (non-hydrogen) atoms. The summed E-state index contributed by atoms with van der Waals surface area (Å²) in [5.74, 6) is 1.55. The smallest absolute Gasteiger partial charge is 0.321 e. The highest BCUT2D eigenvalue weighted by Crippen LogP contribution is 2.36. The molecule has 5 rings (SSSR count). The second kappa shape index (κ2) is 8.58. The third kappa shape index (κ3) is 3.80. The van der Waals surface area contributed by atoms with Crippen LogP contribution in [0.4, 0.5) is 10.5 Å². The van der Waals surface area contributed by atoms with E-state index < -0.39 is 0 Å². The summed E-state index contributed by atoms with van der Waals surface area (Å²) in [5, 5.41) is 3.98. The highest BCUT2D eigenvalue weighted by Gasteiger charge is 2.26. The number of hydrogen-bond donors (Lipinski definition) is 1. The van der Waals surface area contributed by atoms with Gasteiger partial charge in [-0.05, 0) is 37.1 Å². The van der Waals surface area contributed by atoms with Crippen molar-refractivity contribution in [3.05, 3.63) is 47.9 Å². The van der Waals surface area contributed by atoms with Crippen molar-refractivity contribution in [2.24, 2.45) is 0 Å². The molecule has 8 nitrogen and oxygen atoms in total. The SMILES string of the molecule is COc1cc2ncnc(C3CCN(C(=O)Nc4ccc5ncsc5c4)CC3)c2cc1OC. The molecule has 1 aliphatic rings. The molecule has 9 heteroatoms. The van der Waals surface area contributed by atoms with Crippen molar-refractivity contribution in [2.45, 2.75) is 18.8 Å². The van der Waals surface area contributed by atoms with Gasteiger partial charge in [0.15, 0.2) is 11.5 Å². The molecule has 0 bridgehead atoms. The molecule has 2 aromatic carbocycles. The first kappa shape index (κ1) is 20.4. The molecule has 4 aromatic rings. The Balaban J connectivity index is 1.30. The van der Waals surface area contributed by atoms with Gasteiger partial charge in [-0.15, -0.1) is 11.3 Å². The van der Waals surface area contributed by atoms with Crippen LogP contribution in [-0.2, 0) is 0 Å². The summed E-state index contributed by atoms with van der Waals surface area (Å²) < 4.78 is 11.9. The van der Waals surface area contributed by atoms with Gasteiger partial charge in [0.05, 0.1) is 41.2 Å². The summed E-state index contributed by atoms with van der Waals surface area (Å²) in [7, 11) is 3.24. The maximum Gasteiger partial charge on any atom is 0.321 e. The zero-order valence-corrected chi connectivity index (χ0v) is 18.7. The Kier molecular flexibility index (Phi) is 5.48. The van der Waals surface area contributed by atoms with Gasteiger partial charge in [-0.2, -0.15) is 0 Å². The normalized spacial score (nSPS) is 14.6. The first-order chi connectivity index (χ1) is 15.7. The molecule has 0 radical (unpaired) electrons. The van der Waals surface area contributed by atoms with Gasteiger partial charge in [-0.1, -0.05) is 0 Å². The van der Waals surface area contributed by atoms with Crippen molar-refractivity contribution in [1.29, 1.82) is 0 Å². The second-order valence-electron chi connectivity index (χ2n) is 7.71. The van der Waals surface area contributed by atoms with Crippen LogP contribution in [0.5, 0.6) is 11.5 Å². The average Bonchev–Trinajstić information content (AvgIpc) is 3.30. The number of aromatic nitrogens is 3. The van der Waals surface area contributed by atoms with E-state index in [1.807, 2.05) is 40.7 Å². The van der Waals surface area contributed by atoms with Gasteiger partial charge in [-0.25, -0.2) is 19.7 Å². The first-order valence-electron chi connectivity index (χ1n) is 10.4. The minimum atomic E-state index is -0.0775. The second-order valence-corrected chi connectivity index (χ2v) is 8.60. The lowest BCUT2D eigenvalue weighted by atomic mass is 9.91. The molecule has 2 aromatic heterocycles. The summed E-state index contributed by atoms with van der Waals surface area (Å²) in [4.78, 5) is 27.9. The zero-order valence-electron chi connectivity index (χ0n) is 17.9. The summed E-state index contributed by atoms with van der Waals surface area (Å²) in [5.41, 5.74) is 5.36. The minimum Gasteiger partial charge on any atom is -0.493 e. The number of benzene rings is 2. The number of ether oxygens (including phenoxy) is 2. The van der Waals surface area contributed by atoms with Crippen molar-refractivity contribution in [3.8, 4) is 11.5 Å². The van der Waals surface area contributed by atoms with E-state index in [4.69, 9.17) is 9.47 Å². The maximum atomic E-state index is 12.8. The van der Waals surface area contributed by atoms with Crippen molar-refractivity contribution >= 4 is 44.2 Å². The van der Waals surface area contributed by atoms with Gasteiger partial charge in [0.1, 0.15) is 6.33 Å². The van der Waals surface area contributed by atoms with Crippen LogP contribution >= 0.6 is 11.3 Å². The Bertz CT molecular complexity index is 1280. The minimum absolute atomic E-state index is 0.0775. The standard InChI is InChI=1S/C23H23N5O3S/c1-30-19-10-16-18(11-20(19)31-2)24-12-25-22(16)14-5-7-28(8-6-14)23(29)27-15-3-4-17-21(9-15)32-13-26-17/h3-4,9-14H,5-8H2,1-2H3,(H,27,29). The van der Waals surface area contributed by atoms with Crippen LogP contribution < -0.4 is 14.8 Å². The molecule has 1 saturated heterocycles. The Morgan fingerprint density at radius 3 is 2.59 bits per heavy atom. The van der Waals surface area contributed by atoms with Crippen LogP contribution in [0.2, 0.25) is 0 Å². The molecule has 1 aliphatic heterocycles. The highest BCUT2D eigenvalue weighted by atomic mass is 32.1. The fraction of sp³-hybridized carbons (Fsp3) is 0.304. The van der Waals surface area contributed by atoms with Crippen LogP contribution in [0.25, 0.3) is 21.1 Å². The third-order valence-corrected chi connectivity index (χ3v) is 6.71. The Hall–Kier alpha value is -3.46. The average molecular weight is 450 g/mol. The summed E-state index contributed by atoms with van der Waals surface area (Å²) in [6.07, 6.45) is 3.27. The number of carbonyl (C=O) groups is 1.